The van der Waals surface area contributed by atoms with Gasteiger partial charge in [0.2, 0.25) is 10.0 Å². The van der Waals surface area contributed by atoms with E-state index in [9.17, 15) is 8.42 Å². The summed E-state index contributed by atoms with van der Waals surface area (Å²) >= 11 is 0. The lowest BCUT2D eigenvalue weighted by atomic mass is 10.1. The lowest BCUT2D eigenvalue weighted by Crippen LogP contribution is -2.44. The molecule has 5 nitrogen and oxygen atoms in total. The standard InChI is InChI=1S/C20H20N2O3S/c23-26(24,20-9-3-6-16-5-1-2-8-19(16)20)22-14-4-7-18(15-22)25-17-10-12-21-13-11-17/h1-3,5-6,8-13,18H,4,7,14-15H2/t18-/m1/s1. The molecule has 0 N–H and O–H groups in total. The highest BCUT2D eigenvalue weighted by atomic mass is 32.2. The Labute approximate surface area is 153 Å². The van der Waals surface area contributed by atoms with Crippen LogP contribution in [0.25, 0.3) is 10.8 Å². The SMILES string of the molecule is O=S(=O)(c1cccc2ccccc12)N1CCC[C@@H](Oc2ccncc2)C1. The molecule has 1 fully saturated rings. The molecule has 0 unspecified atom stereocenters. The van der Waals surface area contributed by atoms with E-state index >= 15 is 0 Å². The van der Waals surface area contributed by atoms with Crippen LogP contribution in [0.2, 0.25) is 0 Å². The van der Waals surface area contributed by atoms with Gasteiger partial charge in [-0.15, -0.1) is 0 Å². The smallest absolute Gasteiger partial charge is 0.243 e. The van der Waals surface area contributed by atoms with Crippen molar-refractivity contribution in [3.05, 3.63) is 67.0 Å². The Kier molecular flexibility index (Phi) is 4.61. The largest absolute Gasteiger partial charge is 0.489 e. The monoisotopic (exact) mass is 368 g/mol. The van der Waals surface area contributed by atoms with Crippen LogP contribution >= 0.6 is 0 Å². The number of aromatic nitrogens is 1. The average molecular weight is 368 g/mol. The Morgan fingerprint density at radius 2 is 1.77 bits per heavy atom. The van der Waals surface area contributed by atoms with Gasteiger partial charge in [-0.25, -0.2) is 8.42 Å². The van der Waals surface area contributed by atoms with Crippen molar-refractivity contribution in [2.24, 2.45) is 0 Å². The highest BCUT2D eigenvalue weighted by Crippen LogP contribution is 2.28. The second kappa shape index (κ2) is 7.05. The minimum Gasteiger partial charge on any atom is -0.489 e. The fourth-order valence-corrected chi connectivity index (χ4v) is 5.11. The van der Waals surface area contributed by atoms with Crippen LogP contribution in [-0.2, 0) is 10.0 Å². The van der Waals surface area contributed by atoms with Crippen LogP contribution in [0, 0.1) is 0 Å². The minimum absolute atomic E-state index is 0.157. The summed E-state index contributed by atoms with van der Waals surface area (Å²) in [6, 6.07) is 16.6. The lowest BCUT2D eigenvalue weighted by Gasteiger charge is -2.32. The molecule has 4 rings (SSSR count). The van der Waals surface area contributed by atoms with Crippen molar-refractivity contribution in [3.8, 4) is 5.75 Å². The van der Waals surface area contributed by atoms with E-state index in [2.05, 4.69) is 4.98 Å². The molecule has 2 aromatic carbocycles. The summed E-state index contributed by atoms with van der Waals surface area (Å²) in [4.78, 5) is 4.34. The van der Waals surface area contributed by atoms with Crippen LogP contribution in [0.1, 0.15) is 12.8 Å². The fourth-order valence-electron chi connectivity index (χ4n) is 3.39. The number of piperidine rings is 1. The summed E-state index contributed by atoms with van der Waals surface area (Å²) in [6.07, 6.45) is 4.80. The topological polar surface area (TPSA) is 59.5 Å². The molecule has 3 aromatic rings. The van der Waals surface area contributed by atoms with Gasteiger partial charge in [0.15, 0.2) is 0 Å². The van der Waals surface area contributed by atoms with Crippen LogP contribution < -0.4 is 4.74 Å². The zero-order valence-electron chi connectivity index (χ0n) is 14.3. The number of hydrogen-bond acceptors (Lipinski definition) is 4. The first-order valence-electron chi connectivity index (χ1n) is 8.69. The molecule has 1 atom stereocenters. The number of sulfonamides is 1. The Morgan fingerprint density at radius 1 is 1.00 bits per heavy atom. The van der Waals surface area contributed by atoms with Gasteiger partial charge in [-0.3, -0.25) is 4.98 Å². The number of pyridine rings is 1. The number of hydrogen-bond donors (Lipinski definition) is 0. The molecule has 134 valence electrons. The molecule has 0 amide bonds. The Morgan fingerprint density at radius 3 is 2.62 bits per heavy atom. The predicted molar refractivity (Wildman–Crippen MR) is 101 cm³/mol. The average Bonchev–Trinajstić information content (AvgIpc) is 2.68. The first kappa shape index (κ1) is 17.0. The number of nitrogens with zero attached hydrogens (tertiary/aromatic N) is 2. The van der Waals surface area contributed by atoms with E-state index in [1.807, 2.05) is 30.3 Å². The highest BCUT2D eigenvalue weighted by molar-refractivity contribution is 7.89. The van der Waals surface area contributed by atoms with Gasteiger partial charge in [-0.05, 0) is 36.4 Å². The van der Waals surface area contributed by atoms with Gasteiger partial charge in [0.25, 0.3) is 0 Å². The van der Waals surface area contributed by atoms with Crippen LogP contribution in [-0.4, -0.2) is 36.9 Å². The second-order valence-electron chi connectivity index (χ2n) is 6.41. The minimum atomic E-state index is -3.57. The molecule has 1 aromatic heterocycles. The third kappa shape index (κ3) is 3.30. The third-order valence-electron chi connectivity index (χ3n) is 4.66. The van der Waals surface area contributed by atoms with E-state index in [0.717, 1.165) is 29.4 Å². The molecule has 0 spiro atoms. The summed E-state index contributed by atoms with van der Waals surface area (Å²) in [5.74, 6) is 0.717. The van der Waals surface area contributed by atoms with Crippen LogP contribution in [0.4, 0.5) is 0 Å². The quantitative estimate of drug-likeness (QED) is 0.708. The highest BCUT2D eigenvalue weighted by Gasteiger charge is 2.32. The number of ether oxygens (including phenoxy) is 1. The van der Waals surface area contributed by atoms with Crippen LogP contribution in [0.5, 0.6) is 5.75 Å². The molecule has 2 heterocycles. The molecular formula is C20H20N2O3S. The first-order valence-corrected chi connectivity index (χ1v) is 10.1. The number of benzene rings is 2. The zero-order valence-corrected chi connectivity index (χ0v) is 15.1. The Hall–Kier alpha value is -2.44. The van der Waals surface area contributed by atoms with Crippen molar-refractivity contribution in [2.45, 2.75) is 23.8 Å². The molecular weight excluding hydrogens is 348 g/mol. The fraction of sp³-hybridized carbons (Fsp3) is 0.250. The molecule has 0 bridgehead atoms. The maximum Gasteiger partial charge on any atom is 0.243 e. The summed E-state index contributed by atoms with van der Waals surface area (Å²) in [7, 11) is -3.57. The van der Waals surface area contributed by atoms with E-state index in [1.54, 1.807) is 41.0 Å². The van der Waals surface area contributed by atoms with Gasteiger partial charge in [-0.1, -0.05) is 36.4 Å². The van der Waals surface area contributed by atoms with Crippen LogP contribution in [0.3, 0.4) is 0 Å². The van der Waals surface area contributed by atoms with Gasteiger partial charge in [0, 0.05) is 24.3 Å². The lowest BCUT2D eigenvalue weighted by molar-refractivity contribution is 0.129. The van der Waals surface area contributed by atoms with Gasteiger partial charge < -0.3 is 4.74 Å². The number of fused-ring (bicyclic) bond motifs is 1. The molecule has 0 radical (unpaired) electrons. The van der Waals surface area contributed by atoms with E-state index in [1.165, 1.54) is 0 Å². The maximum absolute atomic E-state index is 13.3. The van der Waals surface area contributed by atoms with Crippen molar-refractivity contribution >= 4 is 20.8 Å². The summed E-state index contributed by atoms with van der Waals surface area (Å²) in [5, 5.41) is 1.68. The first-order chi connectivity index (χ1) is 12.6. The van der Waals surface area contributed by atoms with E-state index < -0.39 is 10.0 Å². The van der Waals surface area contributed by atoms with Crippen molar-refractivity contribution in [2.75, 3.05) is 13.1 Å². The van der Waals surface area contributed by atoms with Crippen molar-refractivity contribution in [1.82, 2.24) is 9.29 Å². The normalized spacial score (nSPS) is 18.7. The summed E-state index contributed by atoms with van der Waals surface area (Å²) < 4.78 is 34.0. The van der Waals surface area contributed by atoms with Gasteiger partial charge in [-0.2, -0.15) is 4.31 Å². The van der Waals surface area contributed by atoms with Gasteiger partial charge in [0.1, 0.15) is 11.9 Å². The van der Waals surface area contributed by atoms with Crippen molar-refractivity contribution < 1.29 is 13.2 Å². The summed E-state index contributed by atoms with van der Waals surface area (Å²) in [5.41, 5.74) is 0. The predicted octanol–water partition coefficient (Wildman–Crippen LogP) is 3.47. The third-order valence-corrected chi connectivity index (χ3v) is 6.58. The Bertz CT molecular complexity index is 1000. The molecule has 1 saturated heterocycles. The molecule has 6 heteroatoms. The molecule has 1 aliphatic heterocycles. The Balaban J connectivity index is 1.61. The van der Waals surface area contributed by atoms with E-state index in [-0.39, 0.29) is 6.10 Å². The van der Waals surface area contributed by atoms with E-state index in [4.69, 9.17) is 4.74 Å². The summed E-state index contributed by atoms with van der Waals surface area (Å²) in [6.45, 7) is 0.871. The van der Waals surface area contributed by atoms with Crippen molar-refractivity contribution in [1.29, 1.82) is 0 Å². The van der Waals surface area contributed by atoms with E-state index in [0.29, 0.717) is 18.0 Å². The van der Waals surface area contributed by atoms with Gasteiger partial charge in [0.05, 0.1) is 11.4 Å². The molecule has 0 aliphatic carbocycles. The molecule has 26 heavy (non-hydrogen) atoms. The second-order valence-corrected chi connectivity index (χ2v) is 8.31. The molecule has 1 aliphatic rings. The zero-order chi connectivity index (χ0) is 18.0. The van der Waals surface area contributed by atoms with Gasteiger partial charge >= 0.3 is 0 Å². The molecule has 0 saturated carbocycles. The number of rotatable bonds is 4. The maximum atomic E-state index is 13.3. The van der Waals surface area contributed by atoms with Crippen LogP contribution in [0.15, 0.2) is 71.9 Å². The van der Waals surface area contributed by atoms with Crippen molar-refractivity contribution in [3.63, 3.8) is 0 Å².